The van der Waals surface area contributed by atoms with E-state index < -0.39 is 11.7 Å². The van der Waals surface area contributed by atoms with Crippen LogP contribution in [-0.2, 0) is 6.18 Å². The van der Waals surface area contributed by atoms with Gasteiger partial charge in [-0.3, -0.25) is 0 Å². The van der Waals surface area contributed by atoms with E-state index >= 15 is 0 Å². The van der Waals surface area contributed by atoms with E-state index in [1.165, 1.54) is 6.07 Å². The van der Waals surface area contributed by atoms with Crippen LogP contribution in [0.2, 0.25) is 0 Å². The van der Waals surface area contributed by atoms with Crippen molar-refractivity contribution in [2.24, 2.45) is 0 Å². The Kier molecular flexibility index (Phi) is 2.38. The van der Waals surface area contributed by atoms with Gasteiger partial charge in [-0.05, 0) is 24.3 Å². The van der Waals surface area contributed by atoms with Gasteiger partial charge in [0.15, 0.2) is 0 Å². The van der Waals surface area contributed by atoms with Crippen LogP contribution in [0.25, 0.3) is 5.69 Å². The Bertz CT molecular complexity index is 500. The Balaban J connectivity index is 2.44. The van der Waals surface area contributed by atoms with E-state index in [0.29, 0.717) is 11.4 Å². The van der Waals surface area contributed by atoms with Gasteiger partial charge in [0.1, 0.15) is 0 Å². The number of hydrogen-bond acceptors (Lipinski definition) is 1. The molecule has 0 spiro atoms. The fourth-order valence-electron chi connectivity index (χ4n) is 1.42. The number of hydrogen-bond donors (Lipinski definition) is 1. The molecule has 0 unspecified atom stereocenters. The molecular formula is C11H9F3N2. The van der Waals surface area contributed by atoms with Crippen LogP contribution in [0, 0.1) is 0 Å². The lowest BCUT2D eigenvalue weighted by atomic mass is 10.2. The predicted octanol–water partition coefficient (Wildman–Crippen LogP) is 3.08. The molecule has 1 aromatic carbocycles. The number of nitrogens with zero attached hydrogens (tertiary/aromatic N) is 1. The number of rotatable bonds is 1. The highest BCUT2D eigenvalue weighted by molar-refractivity contribution is 5.43. The molecule has 1 aromatic heterocycles. The summed E-state index contributed by atoms with van der Waals surface area (Å²) in [5.41, 5.74) is 5.78. The van der Waals surface area contributed by atoms with E-state index in [9.17, 15) is 13.2 Å². The lowest BCUT2D eigenvalue weighted by Crippen LogP contribution is -2.05. The zero-order chi connectivity index (χ0) is 11.8. The number of alkyl halides is 3. The highest BCUT2D eigenvalue weighted by atomic mass is 19.4. The molecular weight excluding hydrogens is 217 g/mol. The van der Waals surface area contributed by atoms with Crippen molar-refractivity contribution >= 4 is 5.69 Å². The van der Waals surface area contributed by atoms with Gasteiger partial charge in [0.05, 0.1) is 5.56 Å². The summed E-state index contributed by atoms with van der Waals surface area (Å²) in [7, 11) is 0. The highest BCUT2D eigenvalue weighted by Gasteiger charge is 2.30. The summed E-state index contributed by atoms with van der Waals surface area (Å²) in [5.74, 6) is 0. The fraction of sp³-hybridized carbons (Fsp3) is 0.0909. The van der Waals surface area contributed by atoms with Crippen molar-refractivity contribution in [1.29, 1.82) is 0 Å². The minimum Gasteiger partial charge on any atom is -0.397 e. The zero-order valence-electron chi connectivity index (χ0n) is 8.20. The molecule has 0 aliphatic rings. The van der Waals surface area contributed by atoms with Gasteiger partial charge in [-0.15, -0.1) is 0 Å². The maximum atomic E-state index is 12.5. The number of nitrogen functional groups attached to an aromatic ring is 1. The Labute approximate surface area is 90.1 Å². The summed E-state index contributed by atoms with van der Waals surface area (Å²) in [5, 5.41) is 0. The molecule has 0 bridgehead atoms. The SMILES string of the molecule is Nc1ccn(-c2cccc(C(F)(F)F)c2)c1. The van der Waals surface area contributed by atoms with Gasteiger partial charge in [0.2, 0.25) is 0 Å². The molecule has 1 heterocycles. The third-order valence-electron chi connectivity index (χ3n) is 2.19. The third-order valence-corrected chi connectivity index (χ3v) is 2.19. The Morgan fingerprint density at radius 3 is 2.44 bits per heavy atom. The predicted molar refractivity (Wildman–Crippen MR) is 55.2 cm³/mol. The van der Waals surface area contributed by atoms with E-state index in [0.717, 1.165) is 12.1 Å². The van der Waals surface area contributed by atoms with E-state index in [2.05, 4.69) is 0 Å². The van der Waals surface area contributed by atoms with Crippen LogP contribution >= 0.6 is 0 Å². The standard InChI is InChI=1S/C11H9F3N2/c12-11(13,14)8-2-1-3-10(6-8)16-5-4-9(15)7-16/h1-7H,15H2. The molecule has 2 nitrogen and oxygen atoms in total. The molecule has 0 fully saturated rings. The maximum Gasteiger partial charge on any atom is 0.416 e. The van der Waals surface area contributed by atoms with Crippen molar-refractivity contribution in [2.45, 2.75) is 6.18 Å². The minimum atomic E-state index is -4.32. The normalized spacial score (nSPS) is 11.7. The molecule has 0 saturated heterocycles. The van der Waals surface area contributed by atoms with Gasteiger partial charge in [-0.2, -0.15) is 13.2 Å². The van der Waals surface area contributed by atoms with Crippen LogP contribution in [0.5, 0.6) is 0 Å². The monoisotopic (exact) mass is 226 g/mol. The summed E-state index contributed by atoms with van der Waals surface area (Å²) in [6, 6.07) is 6.71. The first-order valence-electron chi connectivity index (χ1n) is 4.58. The molecule has 0 aliphatic heterocycles. The first-order valence-corrected chi connectivity index (χ1v) is 4.58. The summed E-state index contributed by atoms with van der Waals surface area (Å²) >= 11 is 0. The minimum absolute atomic E-state index is 0.437. The van der Waals surface area contributed by atoms with Crippen LogP contribution < -0.4 is 5.73 Å². The van der Waals surface area contributed by atoms with Crippen molar-refractivity contribution in [3.63, 3.8) is 0 Å². The van der Waals surface area contributed by atoms with Gasteiger partial charge < -0.3 is 10.3 Å². The van der Waals surface area contributed by atoms with Crippen molar-refractivity contribution in [3.05, 3.63) is 48.3 Å². The highest BCUT2D eigenvalue weighted by Crippen LogP contribution is 2.30. The molecule has 2 N–H and O–H groups in total. The maximum absolute atomic E-state index is 12.5. The topological polar surface area (TPSA) is 30.9 Å². The molecule has 5 heteroatoms. The van der Waals surface area contributed by atoms with Crippen molar-refractivity contribution in [1.82, 2.24) is 4.57 Å². The number of anilines is 1. The second kappa shape index (κ2) is 3.59. The fourth-order valence-corrected chi connectivity index (χ4v) is 1.42. The molecule has 0 radical (unpaired) electrons. The lowest BCUT2D eigenvalue weighted by Gasteiger charge is -2.09. The van der Waals surface area contributed by atoms with Gasteiger partial charge in [-0.25, -0.2) is 0 Å². The Morgan fingerprint density at radius 2 is 1.88 bits per heavy atom. The summed E-state index contributed by atoms with van der Waals surface area (Å²) < 4.78 is 38.9. The Morgan fingerprint density at radius 1 is 1.12 bits per heavy atom. The third kappa shape index (κ3) is 2.03. The van der Waals surface area contributed by atoms with Crippen molar-refractivity contribution in [3.8, 4) is 5.69 Å². The number of aromatic nitrogens is 1. The average molecular weight is 226 g/mol. The van der Waals surface area contributed by atoms with E-state index in [4.69, 9.17) is 5.73 Å². The summed E-state index contributed by atoms with van der Waals surface area (Å²) in [6.07, 6.45) is -1.14. The number of benzene rings is 1. The van der Waals surface area contributed by atoms with Crippen LogP contribution in [0.3, 0.4) is 0 Å². The first kappa shape index (κ1) is 10.6. The smallest absolute Gasteiger partial charge is 0.397 e. The van der Waals surface area contributed by atoms with E-state index in [1.54, 1.807) is 29.1 Å². The van der Waals surface area contributed by atoms with Crippen LogP contribution in [0.15, 0.2) is 42.7 Å². The number of nitrogens with two attached hydrogens (primary N) is 1. The molecule has 2 aromatic rings. The van der Waals surface area contributed by atoms with E-state index in [1.807, 2.05) is 0 Å². The summed E-state index contributed by atoms with van der Waals surface area (Å²) in [6.45, 7) is 0. The van der Waals surface area contributed by atoms with Crippen LogP contribution in [0.1, 0.15) is 5.56 Å². The Hall–Kier alpha value is -1.91. The molecule has 84 valence electrons. The molecule has 0 saturated carbocycles. The van der Waals surface area contributed by atoms with Crippen molar-refractivity contribution in [2.75, 3.05) is 5.73 Å². The van der Waals surface area contributed by atoms with Crippen molar-refractivity contribution < 1.29 is 13.2 Å². The second-order valence-electron chi connectivity index (χ2n) is 3.40. The van der Waals surface area contributed by atoms with Gasteiger partial charge in [-0.1, -0.05) is 6.07 Å². The summed E-state index contributed by atoms with van der Waals surface area (Å²) in [4.78, 5) is 0. The number of halogens is 3. The first-order chi connectivity index (χ1) is 7.47. The largest absolute Gasteiger partial charge is 0.416 e. The second-order valence-corrected chi connectivity index (χ2v) is 3.40. The molecule has 0 aliphatic carbocycles. The molecule has 0 amide bonds. The average Bonchev–Trinajstić information content (AvgIpc) is 2.64. The van der Waals surface area contributed by atoms with Gasteiger partial charge >= 0.3 is 6.18 Å². The lowest BCUT2D eigenvalue weighted by molar-refractivity contribution is -0.137. The van der Waals surface area contributed by atoms with E-state index in [-0.39, 0.29) is 0 Å². The van der Waals surface area contributed by atoms with Crippen LogP contribution in [0.4, 0.5) is 18.9 Å². The molecule has 16 heavy (non-hydrogen) atoms. The zero-order valence-corrected chi connectivity index (χ0v) is 8.20. The molecule has 2 rings (SSSR count). The quantitative estimate of drug-likeness (QED) is 0.795. The van der Waals surface area contributed by atoms with Crippen LogP contribution in [-0.4, -0.2) is 4.57 Å². The molecule has 0 atom stereocenters. The van der Waals surface area contributed by atoms with Gasteiger partial charge in [0.25, 0.3) is 0 Å². The van der Waals surface area contributed by atoms with Gasteiger partial charge in [0, 0.05) is 23.8 Å².